The number of ether oxygens (including phenoxy) is 5. The van der Waals surface area contributed by atoms with Crippen LogP contribution in [0.25, 0.3) is 0 Å². The van der Waals surface area contributed by atoms with E-state index < -0.39 is 76.9 Å². The number of hydrogen-bond acceptors (Lipinski definition) is 11. The molecule has 2 fully saturated rings. The smallest absolute Gasteiger partial charge is 0.408 e. The zero-order chi connectivity index (χ0) is 33.4. The Balaban J connectivity index is 1.51. The van der Waals surface area contributed by atoms with E-state index in [4.69, 9.17) is 27.9 Å². The first kappa shape index (κ1) is 36.5. The summed E-state index contributed by atoms with van der Waals surface area (Å²) in [4.78, 5) is 37.3. The predicted octanol–water partition coefficient (Wildman–Crippen LogP) is 2.95. The fourth-order valence-corrected chi connectivity index (χ4v) is 5.70. The van der Waals surface area contributed by atoms with Crippen molar-refractivity contribution >= 4 is 28.4 Å². The van der Waals surface area contributed by atoms with Crippen molar-refractivity contribution in [2.45, 2.75) is 110 Å². The second-order valence-electron chi connectivity index (χ2n) is 12.9. The monoisotopic (exact) mass is 657 g/mol. The van der Waals surface area contributed by atoms with Gasteiger partial charge in [-0.25, -0.2) is 14.3 Å². The lowest BCUT2D eigenvalue weighted by Gasteiger charge is -2.25. The third-order valence-electron chi connectivity index (χ3n) is 6.74. The molecule has 1 aromatic carbocycles. The highest BCUT2D eigenvalue weighted by atomic mass is 32.2. The molecule has 15 heteroatoms. The Hall–Kier alpha value is -2.98. The molecular formula is C30H47N3O11S. The van der Waals surface area contributed by atoms with E-state index in [-0.39, 0.29) is 25.4 Å². The van der Waals surface area contributed by atoms with Crippen LogP contribution in [0.3, 0.4) is 0 Å². The van der Waals surface area contributed by atoms with Gasteiger partial charge in [0, 0.05) is 13.0 Å². The summed E-state index contributed by atoms with van der Waals surface area (Å²) in [6.07, 6.45) is -3.01. The SMILES string of the molecule is CC(C)CC(NC(=O)OC(C)(C)C)C(=O)NS(=O)(=O)OCC1OC(CCOC(=O)NCCc2ccccc2)C2OC(C)(C)OC12. The van der Waals surface area contributed by atoms with Crippen LogP contribution in [0.4, 0.5) is 9.59 Å². The Kier molecular flexibility index (Phi) is 12.6. The predicted molar refractivity (Wildman–Crippen MR) is 162 cm³/mol. The molecule has 5 atom stereocenters. The second-order valence-corrected chi connectivity index (χ2v) is 14.2. The minimum absolute atomic E-state index is 0.0265. The summed E-state index contributed by atoms with van der Waals surface area (Å²) in [6, 6.07) is 8.54. The number of nitrogens with one attached hydrogen (secondary N) is 3. The maximum absolute atomic E-state index is 12.9. The molecule has 2 aliphatic heterocycles. The van der Waals surface area contributed by atoms with Crippen LogP contribution in [0.15, 0.2) is 30.3 Å². The molecule has 0 radical (unpaired) electrons. The van der Waals surface area contributed by atoms with E-state index in [2.05, 4.69) is 10.6 Å². The Morgan fingerprint density at radius 2 is 1.64 bits per heavy atom. The van der Waals surface area contributed by atoms with Crippen LogP contribution in [0, 0.1) is 5.92 Å². The minimum atomic E-state index is -4.60. The van der Waals surface area contributed by atoms with Crippen molar-refractivity contribution in [2.75, 3.05) is 19.8 Å². The van der Waals surface area contributed by atoms with E-state index in [1.54, 1.807) is 34.6 Å². The number of benzene rings is 1. The van der Waals surface area contributed by atoms with Crippen molar-refractivity contribution in [3.63, 3.8) is 0 Å². The third kappa shape index (κ3) is 12.4. The van der Waals surface area contributed by atoms with Crippen LogP contribution in [-0.2, 0) is 49.4 Å². The zero-order valence-electron chi connectivity index (χ0n) is 27.0. The van der Waals surface area contributed by atoms with Crippen molar-refractivity contribution < 1.29 is 50.7 Å². The topological polar surface area (TPSA) is 177 Å². The van der Waals surface area contributed by atoms with E-state index in [1.807, 2.05) is 48.9 Å². The lowest BCUT2D eigenvalue weighted by atomic mass is 10.0. The average molecular weight is 658 g/mol. The summed E-state index contributed by atoms with van der Waals surface area (Å²) < 4.78 is 60.9. The third-order valence-corrected chi connectivity index (χ3v) is 7.63. The van der Waals surface area contributed by atoms with Gasteiger partial charge >= 0.3 is 22.5 Å². The van der Waals surface area contributed by atoms with Gasteiger partial charge in [-0.15, -0.1) is 0 Å². The number of amides is 3. The summed E-state index contributed by atoms with van der Waals surface area (Å²) in [7, 11) is -4.60. The summed E-state index contributed by atoms with van der Waals surface area (Å²) in [5.74, 6) is -1.99. The average Bonchev–Trinajstić information content (AvgIpc) is 3.39. The van der Waals surface area contributed by atoms with Crippen LogP contribution >= 0.6 is 0 Å². The van der Waals surface area contributed by atoms with Gasteiger partial charge < -0.3 is 34.3 Å². The van der Waals surface area contributed by atoms with Gasteiger partial charge in [-0.3, -0.25) is 8.98 Å². The molecule has 254 valence electrons. The van der Waals surface area contributed by atoms with E-state index in [9.17, 15) is 22.8 Å². The Morgan fingerprint density at radius 1 is 1.00 bits per heavy atom. The number of hydrogen-bond donors (Lipinski definition) is 3. The molecule has 45 heavy (non-hydrogen) atoms. The minimum Gasteiger partial charge on any atom is -0.449 e. The van der Waals surface area contributed by atoms with Gasteiger partial charge in [0.25, 0.3) is 5.91 Å². The summed E-state index contributed by atoms with van der Waals surface area (Å²) >= 11 is 0. The van der Waals surface area contributed by atoms with Crippen molar-refractivity contribution in [3.8, 4) is 0 Å². The van der Waals surface area contributed by atoms with Gasteiger partial charge in [0.2, 0.25) is 0 Å². The largest absolute Gasteiger partial charge is 0.449 e. The van der Waals surface area contributed by atoms with E-state index >= 15 is 0 Å². The van der Waals surface area contributed by atoms with Crippen LogP contribution in [0.5, 0.6) is 0 Å². The second kappa shape index (κ2) is 15.5. The molecule has 5 unspecified atom stereocenters. The molecule has 0 saturated carbocycles. The van der Waals surface area contributed by atoms with Crippen molar-refractivity contribution in [3.05, 3.63) is 35.9 Å². The maximum atomic E-state index is 12.9. The lowest BCUT2D eigenvalue weighted by molar-refractivity contribution is -0.190. The van der Waals surface area contributed by atoms with Crippen molar-refractivity contribution in [2.24, 2.45) is 5.92 Å². The molecular weight excluding hydrogens is 610 g/mol. The van der Waals surface area contributed by atoms with Gasteiger partial charge in [-0.1, -0.05) is 44.2 Å². The fraction of sp³-hybridized carbons (Fsp3) is 0.700. The Labute approximate surface area is 265 Å². The van der Waals surface area contributed by atoms with Crippen molar-refractivity contribution in [1.82, 2.24) is 15.4 Å². The van der Waals surface area contributed by atoms with E-state index in [0.717, 1.165) is 5.56 Å². The zero-order valence-corrected chi connectivity index (χ0v) is 27.8. The van der Waals surface area contributed by atoms with Crippen LogP contribution in [-0.4, -0.2) is 88.1 Å². The normalized spacial score (nSPS) is 23.2. The molecule has 1 aromatic rings. The molecule has 2 heterocycles. The quantitative estimate of drug-likeness (QED) is 0.268. The summed E-state index contributed by atoms with van der Waals surface area (Å²) in [5, 5.41) is 5.13. The standard InChI is InChI=1S/C30H47N3O11S/c1-19(2)17-21(32-28(36)44-29(3,4)5)26(34)33-45(37,38)40-18-23-25-24(42-30(6,7)43-25)22(41-23)14-16-39-27(35)31-15-13-20-11-9-8-10-12-20/h8-12,19,21-25H,13-18H2,1-7H3,(H,31,35)(H,32,36)(H,33,34). The van der Waals surface area contributed by atoms with E-state index in [0.29, 0.717) is 13.0 Å². The van der Waals surface area contributed by atoms with Gasteiger partial charge in [0.1, 0.15) is 30.0 Å². The highest BCUT2D eigenvalue weighted by Gasteiger charge is 2.55. The number of rotatable bonds is 14. The van der Waals surface area contributed by atoms with Gasteiger partial charge in [0.05, 0.1) is 19.3 Å². The summed E-state index contributed by atoms with van der Waals surface area (Å²) in [5.41, 5.74) is 0.281. The molecule has 3 amide bonds. The molecule has 0 aliphatic carbocycles. The fourth-order valence-electron chi connectivity index (χ4n) is 4.94. The highest BCUT2D eigenvalue weighted by molar-refractivity contribution is 7.85. The number of fused-ring (bicyclic) bond motifs is 1. The molecule has 3 N–H and O–H groups in total. The molecule has 2 aliphatic rings. The first-order chi connectivity index (χ1) is 20.9. The van der Waals surface area contributed by atoms with Crippen LogP contribution in [0.2, 0.25) is 0 Å². The van der Waals surface area contributed by atoms with Gasteiger partial charge in [-0.05, 0) is 58.9 Å². The van der Waals surface area contributed by atoms with Gasteiger partial charge in [-0.2, -0.15) is 8.42 Å². The molecule has 14 nitrogen and oxygen atoms in total. The molecule has 0 spiro atoms. The van der Waals surface area contributed by atoms with Crippen molar-refractivity contribution in [1.29, 1.82) is 0 Å². The van der Waals surface area contributed by atoms with Crippen LogP contribution in [0.1, 0.15) is 66.9 Å². The first-order valence-electron chi connectivity index (χ1n) is 15.1. The summed E-state index contributed by atoms with van der Waals surface area (Å²) in [6.45, 7) is 12.1. The lowest BCUT2D eigenvalue weighted by Crippen LogP contribution is -2.50. The first-order valence-corrected chi connectivity index (χ1v) is 16.5. The highest BCUT2D eigenvalue weighted by Crippen LogP contribution is 2.40. The number of carbonyl (C=O) groups is 3. The van der Waals surface area contributed by atoms with Crippen LogP contribution < -0.4 is 15.4 Å². The molecule has 0 bridgehead atoms. The Morgan fingerprint density at radius 3 is 2.27 bits per heavy atom. The number of alkyl carbamates (subject to hydrolysis) is 2. The molecule has 2 saturated heterocycles. The Bertz CT molecular complexity index is 1250. The van der Waals surface area contributed by atoms with Gasteiger partial charge in [0.15, 0.2) is 5.79 Å². The van der Waals surface area contributed by atoms with E-state index in [1.165, 1.54) is 0 Å². The number of carbonyl (C=O) groups excluding carboxylic acids is 3. The maximum Gasteiger partial charge on any atom is 0.408 e. The molecule has 3 rings (SSSR count). The molecule has 0 aromatic heterocycles.